The molecule has 0 heterocycles. The number of rotatable bonds is 2. The molecule has 0 bridgehead atoms. The first-order valence-corrected chi connectivity index (χ1v) is 3.36. The van der Waals surface area contributed by atoms with Crippen LogP contribution in [0.25, 0.3) is 0 Å². The van der Waals surface area contributed by atoms with Gasteiger partial charge in [0.15, 0.2) is 0 Å². The normalized spacial score (nSPS) is 17.1. The molecule has 0 amide bonds. The highest BCUT2D eigenvalue weighted by molar-refractivity contribution is 5.77. The van der Waals surface area contributed by atoms with E-state index in [2.05, 4.69) is 4.99 Å². The van der Waals surface area contributed by atoms with Gasteiger partial charge in [0, 0.05) is 0 Å². The van der Waals surface area contributed by atoms with E-state index in [0.29, 0.717) is 5.84 Å². The Morgan fingerprint density at radius 2 is 2.00 bits per heavy atom. The third kappa shape index (κ3) is 3.45. The Balaban J connectivity index is 4.11. The standard InChI is InChI=1S/C7H16N2O/c1-5(7(3,4)10)9-6(2)8/h5,10H,1-4H3,(H2,8,9). The summed E-state index contributed by atoms with van der Waals surface area (Å²) in [6.45, 7) is 6.97. The van der Waals surface area contributed by atoms with Gasteiger partial charge in [-0.25, -0.2) is 0 Å². The van der Waals surface area contributed by atoms with Gasteiger partial charge in [0.05, 0.1) is 17.5 Å². The zero-order valence-electron chi connectivity index (χ0n) is 7.05. The first-order valence-electron chi connectivity index (χ1n) is 3.36. The van der Waals surface area contributed by atoms with Gasteiger partial charge in [-0.05, 0) is 27.7 Å². The lowest BCUT2D eigenvalue weighted by molar-refractivity contribution is 0.0590. The van der Waals surface area contributed by atoms with E-state index in [0.717, 1.165) is 0 Å². The van der Waals surface area contributed by atoms with E-state index >= 15 is 0 Å². The number of nitrogens with zero attached hydrogens (tertiary/aromatic N) is 1. The molecule has 1 atom stereocenters. The zero-order valence-corrected chi connectivity index (χ0v) is 7.05. The maximum atomic E-state index is 9.37. The molecule has 0 aliphatic rings. The summed E-state index contributed by atoms with van der Waals surface area (Å²) in [5, 5.41) is 9.37. The molecule has 0 saturated carbocycles. The predicted octanol–water partition coefficient (Wildman–Crippen LogP) is 0.523. The second-order valence-electron chi connectivity index (χ2n) is 3.10. The molecule has 3 N–H and O–H groups in total. The molecule has 3 heteroatoms. The number of hydrogen-bond acceptors (Lipinski definition) is 2. The van der Waals surface area contributed by atoms with Crippen LogP contribution in [0, 0.1) is 0 Å². The molecule has 10 heavy (non-hydrogen) atoms. The largest absolute Gasteiger partial charge is 0.388 e. The molecule has 3 nitrogen and oxygen atoms in total. The highest BCUT2D eigenvalue weighted by Crippen LogP contribution is 2.10. The van der Waals surface area contributed by atoms with E-state index in [1.165, 1.54) is 0 Å². The minimum Gasteiger partial charge on any atom is -0.388 e. The summed E-state index contributed by atoms with van der Waals surface area (Å²) in [6, 6.07) is -0.141. The van der Waals surface area contributed by atoms with Gasteiger partial charge in [-0.3, -0.25) is 4.99 Å². The average molecular weight is 144 g/mol. The fourth-order valence-corrected chi connectivity index (χ4v) is 0.463. The Hall–Kier alpha value is -0.570. The lowest BCUT2D eigenvalue weighted by atomic mass is 10.0. The van der Waals surface area contributed by atoms with Crippen LogP contribution in [0.4, 0.5) is 0 Å². The van der Waals surface area contributed by atoms with Crippen molar-refractivity contribution in [1.29, 1.82) is 0 Å². The molecule has 0 rings (SSSR count). The van der Waals surface area contributed by atoms with Crippen molar-refractivity contribution >= 4 is 5.84 Å². The summed E-state index contributed by atoms with van der Waals surface area (Å²) in [4.78, 5) is 3.99. The highest BCUT2D eigenvalue weighted by atomic mass is 16.3. The fourth-order valence-electron chi connectivity index (χ4n) is 0.463. The van der Waals surface area contributed by atoms with E-state index in [1.807, 2.05) is 6.92 Å². The second-order valence-corrected chi connectivity index (χ2v) is 3.10. The summed E-state index contributed by atoms with van der Waals surface area (Å²) in [5.41, 5.74) is 4.55. The Bertz CT molecular complexity index is 131. The molecule has 0 aromatic heterocycles. The van der Waals surface area contributed by atoms with Crippen LogP contribution in [0.3, 0.4) is 0 Å². The van der Waals surface area contributed by atoms with E-state index in [9.17, 15) is 5.11 Å². The quantitative estimate of drug-likeness (QED) is 0.438. The Morgan fingerprint density at radius 1 is 1.60 bits per heavy atom. The van der Waals surface area contributed by atoms with Gasteiger partial charge in [0.25, 0.3) is 0 Å². The topological polar surface area (TPSA) is 58.6 Å². The Labute approximate surface area is 62.0 Å². The van der Waals surface area contributed by atoms with Crippen molar-refractivity contribution in [3.63, 3.8) is 0 Å². The number of hydrogen-bond donors (Lipinski definition) is 2. The maximum Gasteiger partial charge on any atom is 0.0910 e. The third-order valence-corrected chi connectivity index (χ3v) is 1.42. The molecule has 0 fully saturated rings. The van der Waals surface area contributed by atoms with E-state index in [4.69, 9.17) is 5.73 Å². The van der Waals surface area contributed by atoms with Crippen molar-refractivity contribution < 1.29 is 5.11 Å². The molecule has 0 saturated heterocycles. The second kappa shape index (κ2) is 3.01. The van der Waals surface area contributed by atoms with Gasteiger partial charge in [0.2, 0.25) is 0 Å². The highest BCUT2D eigenvalue weighted by Gasteiger charge is 2.20. The lowest BCUT2D eigenvalue weighted by Gasteiger charge is -2.22. The molecule has 0 spiro atoms. The zero-order chi connectivity index (χ0) is 8.36. The van der Waals surface area contributed by atoms with Crippen molar-refractivity contribution in [2.24, 2.45) is 10.7 Å². The number of nitrogens with two attached hydrogens (primary N) is 1. The van der Waals surface area contributed by atoms with E-state index in [1.54, 1.807) is 20.8 Å². The monoisotopic (exact) mass is 144 g/mol. The first kappa shape index (κ1) is 9.43. The van der Waals surface area contributed by atoms with Crippen molar-refractivity contribution in [3.8, 4) is 0 Å². The van der Waals surface area contributed by atoms with Crippen molar-refractivity contribution in [2.75, 3.05) is 0 Å². The minimum absolute atomic E-state index is 0.141. The van der Waals surface area contributed by atoms with Crippen LogP contribution in [0.5, 0.6) is 0 Å². The molecule has 0 radical (unpaired) electrons. The fraction of sp³-hybridized carbons (Fsp3) is 0.857. The number of aliphatic imine (C=N–C) groups is 1. The van der Waals surface area contributed by atoms with Gasteiger partial charge in [-0.2, -0.15) is 0 Å². The molecular formula is C7H16N2O. The minimum atomic E-state index is -0.777. The molecule has 0 aromatic rings. The summed E-state index contributed by atoms with van der Waals surface area (Å²) in [7, 11) is 0. The summed E-state index contributed by atoms with van der Waals surface area (Å²) >= 11 is 0. The van der Waals surface area contributed by atoms with Gasteiger partial charge < -0.3 is 10.8 Å². The SMILES string of the molecule is CC(N)=NC(C)C(C)(C)O. The van der Waals surface area contributed by atoms with Crippen LogP contribution >= 0.6 is 0 Å². The van der Waals surface area contributed by atoms with Crippen LogP contribution in [-0.4, -0.2) is 22.6 Å². The van der Waals surface area contributed by atoms with Gasteiger partial charge in [-0.15, -0.1) is 0 Å². The third-order valence-electron chi connectivity index (χ3n) is 1.42. The Morgan fingerprint density at radius 3 is 2.10 bits per heavy atom. The first-order chi connectivity index (χ1) is 4.34. The van der Waals surface area contributed by atoms with E-state index in [-0.39, 0.29) is 6.04 Å². The molecule has 0 aliphatic carbocycles. The molecule has 0 aromatic carbocycles. The maximum absolute atomic E-state index is 9.37. The smallest absolute Gasteiger partial charge is 0.0910 e. The summed E-state index contributed by atoms with van der Waals surface area (Å²) in [5.74, 6) is 0.509. The molecule has 0 aliphatic heterocycles. The van der Waals surface area contributed by atoms with Crippen molar-refractivity contribution in [2.45, 2.75) is 39.3 Å². The van der Waals surface area contributed by atoms with Crippen LogP contribution in [0.1, 0.15) is 27.7 Å². The van der Waals surface area contributed by atoms with Crippen LogP contribution in [-0.2, 0) is 0 Å². The summed E-state index contributed by atoms with van der Waals surface area (Å²) in [6.07, 6.45) is 0. The van der Waals surface area contributed by atoms with Gasteiger partial charge in [-0.1, -0.05) is 0 Å². The van der Waals surface area contributed by atoms with Crippen molar-refractivity contribution in [1.82, 2.24) is 0 Å². The number of aliphatic hydroxyl groups is 1. The molecule has 1 unspecified atom stereocenters. The number of amidine groups is 1. The van der Waals surface area contributed by atoms with Crippen LogP contribution in [0.2, 0.25) is 0 Å². The van der Waals surface area contributed by atoms with E-state index < -0.39 is 5.60 Å². The lowest BCUT2D eigenvalue weighted by Crippen LogP contribution is -2.33. The average Bonchev–Trinajstić information content (AvgIpc) is 1.60. The van der Waals surface area contributed by atoms with Crippen LogP contribution < -0.4 is 5.73 Å². The Kier molecular flexibility index (Phi) is 2.84. The molecule has 60 valence electrons. The van der Waals surface area contributed by atoms with Crippen molar-refractivity contribution in [3.05, 3.63) is 0 Å². The summed E-state index contributed by atoms with van der Waals surface area (Å²) < 4.78 is 0. The van der Waals surface area contributed by atoms with Crippen LogP contribution in [0.15, 0.2) is 4.99 Å². The molecular weight excluding hydrogens is 128 g/mol. The predicted molar refractivity (Wildman–Crippen MR) is 43.1 cm³/mol. The van der Waals surface area contributed by atoms with Gasteiger partial charge in [0.1, 0.15) is 0 Å². The van der Waals surface area contributed by atoms with Gasteiger partial charge >= 0.3 is 0 Å².